The molecule has 1 aromatic rings. The molecule has 0 aliphatic rings. The molecular formula is C12H10F2I2NO6S-. The summed E-state index contributed by atoms with van der Waals surface area (Å²) in [6.45, 7) is -0.676. The molecule has 1 amide bonds. The molecule has 0 aromatic heterocycles. The standard InChI is InChI=1S/C12H11F2I2NO6S/c1-6(18)17(2)10-8(3-7(15)4-9(10)16)11(19)23-5-12(13,14)24(20,21)22/h3-4H,5H2,1-2H3,(H,20,21,22)/p-1. The van der Waals surface area contributed by atoms with Gasteiger partial charge >= 0.3 is 11.2 Å². The van der Waals surface area contributed by atoms with E-state index in [9.17, 15) is 31.3 Å². The lowest BCUT2D eigenvalue weighted by Gasteiger charge is -2.22. The van der Waals surface area contributed by atoms with Crippen LogP contribution in [0.2, 0.25) is 0 Å². The Morgan fingerprint density at radius 3 is 2.33 bits per heavy atom. The van der Waals surface area contributed by atoms with Crippen molar-refractivity contribution in [2.75, 3.05) is 18.6 Å². The Morgan fingerprint density at radius 2 is 1.88 bits per heavy atom. The molecule has 0 atom stereocenters. The first kappa shape index (κ1) is 21.4. The van der Waals surface area contributed by atoms with Crippen molar-refractivity contribution in [3.05, 3.63) is 24.8 Å². The Morgan fingerprint density at radius 1 is 1.33 bits per heavy atom. The van der Waals surface area contributed by atoms with E-state index in [1.807, 2.05) is 45.2 Å². The van der Waals surface area contributed by atoms with Crippen molar-refractivity contribution >= 4 is 72.9 Å². The minimum absolute atomic E-state index is 0.127. The van der Waals surface area contributed by atoms with Gasteiger partial charge in [-0.05, 0) is 57.3 Å². The Kier molecular flexibility index (Phi) is 6.91. The maximum atomic E-state index is 13.1. The van der Waals surface area contributed by atoms with E-state index in [1.54, 1.807) is 6.07 Å². The average Bonchev–Trinajstić information content (AvgIpc) is 2.42. The van der Waals surface area contributed by atoms with Crippen molar-refractivity contribution in [3.8, 4) is 0 Å². The number of carbonyl (C=O) groups excluding carboxylic acids is 2. The summed E-state index contributed by atoms with van der Waals surface area (Å²) >= 11 is 3.72. The highest BCUT2D eigenvalue weighted by molar-refractivity contribution is 14.1. The van der Waals surface area contributed by atoms with E-state index < -0.39 is 33.9 Å². The Labute approximate surface area is 163 Å². The van der Waals surface area contributed by atoms with Crippen molar-refractivity contribution in [2.45, 2.75) is 12.2 Å². The Hall–Kier alpha value is -0.610. The van der Waals surface area contributed by atoms with Gasteiger partial charge in [0.05, 0.1) is 11.3 Å². The second kappa shape index (κ2) is 7.74. The van der Waals surface area contributed by atoms with Crippen LogP contribution < -0.4 is 4.90 Å². The van der Waals surface area contributed by atoms with E-state index in [4.69, 9.17) is 0 Å². The van der Waals surface area contributed by atoms with Gasteiger partial charge < -0.3 is 14.2 Å². The van der Waals surface area contributed by atoms with Gasteiger partial charge in [-0.1, -0.05) is 0 Å². The molecule has 0 N–H and O–H groups in total. The summed E-state index contributed by atoms with van der Waals surface area (Å²) < 4.78 is 62.8. The van der Waals surface area contributed by atoms with Crippen LogP contribution >= 0.6 is 45.2 Å². The van der Waals surface area contributed by atoms with Crippen LogP contribution in [0, 0.1) is 7.14 Å². The van der Waals surface area contributed by atoms with E-state index in [2.05, 4.69) is 4.74 Å². The number of amides is 1. The number of hydrogen-bond acceptors (Lipinski definition) is 6. The van der Waals surface area contributed by atoms with Gasteiger partial charge in [0, 0.05) is 21.1 Å². The third-order valence-electron chi connectivity index (χ3n) is 2.79. The molecule has 0 aliphatic heterocycles. The molecule has 0 spiro atoms. The second-order valence-corrected chi connectivity index (χ2v) is 8.44. The molecule has 0 fully saturated rings. The summed E-state index contributed by atoms with van der Waals surface area (Å²) in [7, 11) is -4.59. The molecule has 0 bridgehead atoms. The van der Waals surface area contributed by atoms with Gasteiger partial charge in [0.15, 0.2) is 16.7 Å². The molecule has 1 rings (SSSR count). The summed E-state index contributed by atoms with van der Waals surface area (Å²) in [6.07, 6.45) is 0. The van der Waals surface area contributed by atoms with Gasteiger partial charge in [-0.25, -0.2) is 13.2 Å². The van der Waals surface area contributed by atoms with Crippen LogP contribution in [0.1, 0.15) is 17.3 Å². The molecular weight excluding hydrogens is 578 g/mol. The fourth-order valence-corrected chi connectivity index (χ4v) is 3.93. The maximum Gasteiger partial charge on any atom is 0.367 e. The predicted molar refractivity (Wildman–Crippen MR) is 95.9 cm³/mol. The van der Waals surface area contributed by atoms with Gasteiger partial charge in [-0.2, -0.15) is 8.78 Å². The number of hydrogen-bond donors (Lipinski definition) is 0. The average molecular weight is 588 g/mol. The highest BCUT2D eigenvalue weighted by atomic mass is 127. The summed E-state index contributed by atoms with van der Waals surface area (Å²) in [5, 5.41) is -4.75. The van der Waals surface area contributed by atoms with Crippen LogP contribution in [-0.4, -0.2) is 43.8 Å². The third kappa shape index (κ3) is 4.95. The third-order valence-corrected chi connectivity index (χ3v) is 5.09. The van der Waals surface area contributed by atoms with Crippen molar-refractivity contribution in [1.29, 1.82) is 0 Å². The van der Waals surface area contributed by atoms with Gasteiger partial charge in [-0.3, -0.25) is 4.79 Å². The second-order valence-electron chi connectivity index (χ2n) is 4.53. The van der Waals surface area contributed by atoms with Crippen LogP contribution in [0.15, 0.2) is 12.1 Å². The molecule has 24 heavy (non-hydrogen) atoms. The first-order valence-corrected chi connectivity index (χ1v) is 9.58. The number of alkyl halides is 2. The van der Waals surface area contributed by atoms with Crippen LogP contribution in [0.25, 0.3) is 0 Å². The summed E-state index contributed by atoms with van der Waals surface area (Å²) in [5.41, 5.74) is -0.0788. The van der Waals surface area contributed by atoms with E-state index in [-0.39, 0.29) is 11.3 Å². The number of halogens is 4. The molecule has 0 heterocycles. The SMILES string of the molecule is CC(=O)N(C)c1c(I)cc(I)cc1C(=O)OCC(F)(F)S(=O)(=O)[O-]. The molecule has 12 heteroatoms. The van der Waals surface area contributed by atoms with E-state index >= 15 is 0 Å². The molecule has 134 valence electrons. The van der Waals surface area contributed by atoms with E-state index in [0.29, 0.717) is 7.14 Å². The summed E-state index contributed by atoms with van der Waals surface area (Å²) in [5.74, 6) is -1.70. The first-order valence-electron chi connectivity index (χ1n) is 6.01. The molecule has 0 saturated carbocycles. The molecule has 0 aliphatic carbocycles. The van der Waals surface area contributed by atoms with Crippen LogP contribution in [0.4, 0.5) is 14.5 Å². The number of ether oxygens (including phenoxy) is 1. The van der Waals surface area contributed by atoms with E-state index in [1.165, 1.54) is 20.0 Å². The molecule has 0 unspecified atom stereocenters. The zero-order valence-electron chi connectivity index (χ0n) is 12.2. The maximum absolute atomic E-state index is 13.1. The smallest absolute Gasteiger partial charge is 0.367 e. The predicted octanol–water partition coefficient (Wildman–Crippen LogP) is 2.17. The molecule has 7 nitrogen and oxygen atoms in total. The van der Waals surface area contributed by atoms with Gasteiger partial charge in [0.25, 0.3) is 0 Å². The number of rotatable bonds is 5. The molecule has 0 saturated heterocycles. The zero-order valence-corrected chi connectivity index (χ0v) is 17.3. The van der Waals surface area contributed by atoms with Crippen LogP contribution in [0.3, 0.4) is 0 Å². The highest BCUT2D eigenvalue weighted by Crippen LogP contribution is 2.30. The lowest BCUT2D eigenvalue weighted by Crippen LogP contribution is -2.35. The normalized spacial score (nSPS) is 12.0. The Balaban J connectivity index is 3.22. The molecule has 1 aromatic carbocycles. The van der Waals surface area contributed by atoms with Crippen molar-refractivity contribution < 1.29 is 36.1 Å². The van der Waals surface area contributed by atoms with Crippen LogP contribution in [-0.2, 0) is 19.6 Å². The van der Waals surface area contributed by atoms with E-state index in [0.717, 1.165) is 4.90 Å². The topological polar surface area (TPSA) is 104 Å². The lowest BCUT2D eigenvalue weighted by molar-refractivity contribution is -0.116. The zero-order chi connectivity index (χ0) is 18.9. The fourth-order valence-electron chi connectivity index (χ4n) is 1.52. The first-order chi connectivity index (χ1) is 10.8. The van der Waals surface area contributed by atoms with Gasteiger partial charge in [-0.15, -0.1) is 0 Å². The summed E-state index contributed by atoms with van der Waals surface area (Å²) in [4.78, 5) is 24.7. The number of nitrogens with zero attached hydrogens (tertiary/aromatic N) is 1. The Bertz CT molecular complexity index is 784. The van der Waals surface area contributed by atoms with Crippen molar-refractivity contribution in [2.24, 2.45) is 0 Å². The minimum Gasteiger partial charge on any atom is -0.743 e. The van der Waals surface area contributed by atoms with Gasteiger partial charge in [0.2, 0.25) is 5.91 Å². The summed E-state index contributed by atoms with van der Waals surface area (Å²) in [6, 6.07) is 2.94. The number of esters is 1. The van der Waals surface area contributed by atoms with Gasteiger partial charge in [0.1, 0.15) is 0 Å². The number of carbonyl (C=O) groups is 2. The largest absolute Gasteiger partial charge is 0.743 e. The minimum atomic E-state index is -5.96. The highest BCUT2D eigenvalue weighted by Gasteiger charge is 2.39. The van der Waals surface area contributed by atoms with Crippen LogP contribution in [0.5, 0.6) is 0 Å². The number of anilines is 1. The quantitative estimate of drug-likeness (QED) is 0.297. The number of benzene rings is 1. The van der Waals surface area contributed by atoms with Crippen molar-refractivity contribution in [3.63, 3.8) is 0 Å². The monoisotopic (exact) mass is 588 g/mol. The lowest BCUT2D eigenvalue weighted by atomic mass is 10.1. The molecule has 0 radical (unpaired) electrons. The fraction of sp³-hybridized carbons (Fsp3) is 0.333. The van der Waals surface area contributed by atoms with Crippen molar-refractivity contribution in [1.82, 2.24) is 0 Å².